The zero-order chi connectivity index (χ0) is 20.3. The van der Waals surface area contributed by atoms with Crippen LogP contribution in [0.4, 0.5) is 0 Å². The van der Waals surface area contributed by atoms with E-state index in [2.05, 4.69) is 47.7 Å². The monoisotopic (exact) mass is 413 g/mol. The van der Waals surface area contributed by atoms with Crippen molar-refractivity contribution in [2.45, 2.75) is 64.1 Å². The predicted octanol–water partition coefficient (Wildman–Crippen LogP) is 5.07. The molecule has 1 saturated carbocycles. The molecular formula is C24H31NO3S. The van der Waals surface area contributed by atoms with Crippen LogP contribution < -0.4 is 4.74 Å². The summed E-state index contributed by atoms with van der Waals surface area (Å²) in [4.78, 5) is 15.4. The van der Waals surface area contributed by atoms with Crippen molar-refractivity contribution in [3.63, 3.8) is 0 Å². The fraction of sp³-hybridized carbons (Fsp3) is 0.542. The first-order chi connectivity index (χ1) is 14.0. The second-order valence-corrected chi connectivity index (χ2v) is 9.65. The molecule has 2 aliphatic rings. The van der Waals surface area contributed by atoms with E-state index in [-0.39, 0.29) is 11.5 Å². The largest absolute Gasteiger partial charge is 0.493 e. The Kier molecular flexibility index (Phi) is 6.26. The number of nitrogens with zero attached hydrogens (tertiary/aromatic N) is 1. The molecule has 0 spiro atoms. The lowest BCUT2D eigenvalue weighted by Gasteiger charge is -2.37. The Hall–Kier alpha value is -1.85. The highest BCUT2D eigenvalue weighted by atomic mass is 32.1. The molecule has 0 N–H and O–H groups in total. The molecule has 2 fully saturated rings. The first-order valence-electron chi connectivity index (χ1n) is 10.7. The van der Waals surface area contributed by atoms with Crippen LogP contribution in [0.25, 0.3) is 0 Å². The summed E-state index contributed by atoms with van der Waals surface area (Å²) in [6.07, 6.45) is 4.79. The summed E-state index contributed by atoms with van der Waals surface area (Å²) in [5.41, 5.74) is 2.25. The molecule has 156 valence electrons. The van der Waals surface area contributed by atoms with Crippen molar-refractivity contribution < 1.29 is 14.3 Å². The minimum Gasteiger partial charge on any atom is -0.493 e. The number of hydrogen-bond donors (Lipinski definition) is 0. The summed E-state index contributed by atoms with van der Waals surface area (Å²) < 4.78 is 11.8. The second kappa shape index (κ2) is 8.88. The van der Waals surface area contributed by atoms with E-state index in [0.717, 1.165) is 43.4 Å². The van der Waals surface area contributed by atoms with E-state index in [4.69, 9.17) is 9.47 Å². The van der Waals surface area contributed by atoms with Crippen LogP contribution in [0, 0.1) is 5.92 Å². The molecule has 29 heavy (non-hydrogen) atoms. The van der Waals surface area contributed by atoms with Crippen molar-refractivity contribution in [2.75, 3.05) is 13.2 Å². The third-order valence-electron chi connectivity index (χ3n) is 5.81. The summed E-state index contributed by atoms with van der Waals surface area (Å²) in [6, 6.07) is 10.8. The molecule has 0 unspecified atom stereocenters. The topological polar surface area (TPSA) is 38.8 Å². The van der Waals surface area contributed by atoms with Crippen molar-refractivity contribution in [1.82, 2.24) is 4.90 Å². The normalized spacial score (nSPS) is 21.0. The maximum absolute atomic E-state index is 13.3. The van der Waals surface area contributed by atoms with Crippen LogP contribution in [0.2, 0.25) is 0 Å². The Bertz CT molecular complexity index is 813. The van der Waals surface area contributed by atoms with Crippen LogP contribution in [0.5, 0.6) is 5.75 Å². The van der Waals surface area contributed by atoms with Gasteiger partial charge in [-0.15, -0.1) is 0 Å². The number of carbonyl (C=O) groups is 1. The fourth-order valence-electron chi connectivity index (χ4n) is 4.10. The molecule has 0 bridgehead atoms. The van der Waals surface area contributed by atoms with E-state index in [1.54, 1.807) is 11.3 Å². The molecule has 2 aromatic rings. The van der Waals surface area contributed by atoms with Crippen molar-refractivity contribution in [1.29, 1.82) is 0 Å². The van der Waals surface area contributed by atoms with E-state index < -0.39 is 0 Å². The minimum atomic E-state index is -0.204. The lowest BCUT2D eigenvalue weighted by atomic mass is 9.87. The number of amides is 1. The number of rotatable bonds is 8. The van der Waals surface area contributed by atoms with Gasteiger partial charge >= 0.3 is 0 Å². The highest BCUT2D eigenvalue weighted by Gasteiger charge is 2.39. The van der Waals surface area contributed by atoms with Gasteiger partial charge in [-0.25, -0.2) is 0 Å². The Morgan fingerprint density at radius 2 is 2.10 bits per heavy atom. The quantitative estimate of drug-likeness (QED) is 0.607. The van der Waals surface area contributed by atoms with Gasteiger partial charge in [-0.1, -0.05) is 12.1 Å². The van der Waals surface area contributed by atoms with Gasteiger partial charge in [0.05, 0.1) is 12.2 Å². The minimum absolute atomic E-state index is 0.0735. The molecule has 1 atom stereocenters. The van der Waals surface area contributed by atoms with E-state index in [9.17, 15) is 4.79 Å². The Morgan fingerprint density at radius 3 is 2.83 bits per heavy atom. The molecule has 1 saturated heterocycles. The van der Waals surface area contributed by atoms with Gasteiger partial charge in [0.2, 0.25) is 5.91 Å². The SMILES string of the molecule is CC1(C)C[C@@H](C(=O)N(Cc2cccc(OCCc3ccsc3)c2)C2CC2)CCO1. The summed E-state index contributed by atoms with van der Waals surface area (Å²) in [5.74, 6) is 1.25. The maximum Gasteiger partial charge on any atom is 0.226 e. The third-order valence-corrected chi connectivity index (χ3v) is 6.54. The van der Waals surface area contributed by atoms with Crippen molar-refractivity contribution in [3.8, 4) is 5.75 Å². The van der Waals surface area contributed by atoms with Gasteiger partial charge in [0.25, 0.3) is 0 Å². The fourth-order valence-corrected chi connectivity index (χ4v) is 4.81. The first-order valence-corrected chi connectivity index (χ1v) is 11.6. The van der Waals surface area contributed by atoms with Gasteiger partial charge in [-0.05, 0) is 79.6 Å². The van der Waals surface area contributed by atoms with E-state index in [1.165, 1.54) is 5.56 Å². The molecule has 1 aromatic heterocycles. The van der Waals surface area contributed by atoms with Crippen LogP contribution >= 0.6 is 11.3 Å². The molecule has 2 heterocycles. The van der Waals surface area contributed by atoms with Crippen LogP contribution in [-0.2, 0) is 22.5 Å². The molecule has 1 aliphatic heterocycles. The van der Waals surface area contributed by atoms with E-state index in [0.29, 0.717) is 31.7 Å². The number of benzene rings is 1. The lowest BCUT2D eigenvalue weighted by molar-refractivity contribution is -0.146. The van der Waals surface area contributed by atoms with Crippen LogP contribution in [-0.4, -0.2) is 35.7 Å². The number of thiophene rings is 1. The van der Waals surface area contributed by atoms with E-state index in [1.807, 2.05) is 12.1 Å². The molecule has 4 nitrogen and oxygen atoms in total. The molecule has 1 aromatic carbocycles. The summed E-state index contributed by atoms with van der Waals surface area (Å²) >= 11 is 1.72. The zero-order valence-electron chi connectivity index (χ0n) is 17.4. The Labute approximate surface area is 177 Å². The first kappa shape index (κ1) is 20.4. The highest BCUT2D eigenvalue weighted by molar-refractivity contribution is 7.07. The molecule has 4 rings (SSSR count). The van der Waals surface area contributed by atoms with Crippen LogP contribution in [0.3, 0.4) is 0 Å². The maximum atomic E-state index is 13.3. The molecular weight excluding hydrogens is 382 g/mol. The van der Waals surface area contributed by atoms with Gasteiger partial charge < -0.3 is 14.4 Å². The molecule has 1 aliphatic carbocycles. The van der Waals surface area contributed by atoms with Crippen LogP contribution in [0.1, 0.15) is 50.7 Å². The Balaban J connectivity index is 1.37. The number of ether oxygens (including phenoxy) is 2. The summed E-state index contributed by atoms with van der Waals surface area (Å²) in [6.45, 7) is 6.19. The van der Waals surface area contributed by atoms with E-state index >= 15 is 0 Å². The predicted molar refractivity (Wildman–Crippen MR) is 116 cm³/mol. The summed E-state index contributed by atoms with van der Waals surface area (Å²) in [7, 11) is 0. The standard InChI is InChI=1S/C24H31NO3S/c1-24(2)15-20(9-12-28-24)23(26)25(21-6-7-21)16-19-4-3-5-22(14-19)27-11-8-18-10-13-29-17-18/h3-5,10,13-14,17,20-21H,6-9,11-12,15-16H2,1-2H3/t20-/m0/s1. The number of carbonyl (C=O) groups excluding carboxylic acids is 1. The third kappa shape index (κ3) is 5.61. The molecule has 0 radical (unpaired) electrons. The van der Waals surface area contributed by atoms with Gasteiger partial charge in [-0.3, -0.25) is 4.79 Å². The molecule has 1 amide bonds. The summed E-state index contributed by atoms with van der Waals surface area (Å²) in [5, 5.41) is 4.26. The van der Waals surface area contributed by atoms with Crippen molar-refractivity contribution in [2.24, 2.45) is 5.92 Å². The molecule has 5 heteroatoms. The average molecular weight is 414 g/mol. The average Bonchev–Trinajstić information content (AvgIpc) is 3.41. The highest BCUT2D eigenvalue weighted by Crippen LogP contribution is 2.35. The van der Waals surface area contributed by atoms with Gasteiger partial charge in [0, 0.05) is 31.5 Å². The zero-order valence-corrected chi connectivity index (χ0v) is 18.2. The van der Waals surface area contributed by atoms with Gasteiger partial charge in [-0.2, -0.15) is 11.3 Å². The smallest absolute Gasteiger partial charge is 0.226 e. The van der Waals surface area contributed by atoms with Crippen molar-refractivity contribution in [3.05, 3.63) is 52.2 Å². The number of hydrogen-bond acceptors (Lipinski definition) is 4. The second-order valence-electron chi connectivity index (χ2n) is 8.87. The van der Waals surface area contributed by atoms with Crippen LogP contribution in [0.15, 0.2) is 41.1 Å². The lowest BCUT2D eigenvalue weighted by Crippen LogP contribution is -2.44. The Morgan fingerprint density at radius 1 is 1.24 bits per heavy atom. The van der Waals surface area contributed by atoms with Crippen molar-refractivity contribution >= 4 is 17.2 Å². The van der Waals surface area contributed by atoms with Gasteiger partial charge in [0.15, 0.2) is 0 Å². The van der Waals surface area contributed by atoms with Gasteiger partial charge in [0.1, 0.15) is 5.75 Å².